The van der Waals surface area contributed by atoms with Crippen LogP contribution in [-0.4, -0.2) is 23.1 Å². The van der Waals surface area contributed by atoms with Gasteiger partial charge in [0.05, 0.1) is 0 Å². The number of hydrogen-bond acceptors (Lipinski definition) is 3. The van der Waals surface area contributed by atoms with Crippen LogP contribution in [0.5, 0.6) is 0 Å². The second-order valence-electron chi connectivity index (χ2n) is 13.2. The van der Waals surface area contributed by atoms with Crippen LogP contribution < -0.4 is 0 Å². The summed E-state index contributed by atoms with van der Waals surface area (Å²) in [6, 6.07) is 0. The molecule has 1 N–H and O–H groups in total. The van der Waals surface area contributed by atoms with Crippen molar-refractivity contribution in [3.05, 3.63) is 0 Å². The van der Waals surface area contributed by atoms with Crippen LogP contribution in [0.1, 0.15) is 105 Å². The summed E-state index contributed by atoms with van der Waals surface area (Å²) < 4.78 is 5.75. The van der Waals surface area contributed by atoms with E-state index < -0.39 is 5.97 Å². The highest BCUT2D eigenvalue weighted by molar-refractivity contribution is 5.66. The minimum atomic E-state index is -0.651. The second-order valence-corrected chi connectivity index (χ2v) is 13.2. The maximum atomic E-state index is 11.7. The molecule has 0 aromatic heterocycles. The molecule has 32 heavy (non-hydrogen) atoms. The largest absolute Gasteiger partial charge is 0.481 e. The number of carboxylic acids is 1. The van der Waals surface area contributed by atoms with Gasteiger partial charge < -0.3 is 9.84 Å². The van der Waals surface area contributed by atoms with Crippen LogP contribution in [0, 0.1) is 51.2 Å². The van der Waals surface area contributed by atoms with Gasteiger partial charge in [-0.15, -0.1) is 0 Å². The van der Waals surface area contributed by atoms with E-state index in [2.05, 4.69) is 27.7 Å². The summed E-state index contributed by atoms with van der Waals surface area (Å²) in [6.45, 7) is 11.4. The van der Waals surface area contributed by atoms with E-state index >= 15 is 0 Å². The molecule has 5 aliphatic rings. The molecule has 0 amide bonds. The fourth-order valence-corrected chi connectivity index (χ4v) is 10.9. The molecule has 0 aliphatic heterocycles. The maximum Gasteiger partial charge on any atom is 0.303 e. The number of carbonyl (C=O) groups excluding carboxylic acids is 1. The Hall–Kier alpha value is -1.06. The highest BCUT2D eigenvalue weighted by Crippen LogP contribution is 2.88. The van der Waals surface area contributed by atoms with Crippen LogP contribution in [0.25, 0.3) is 0 Å². The first-order valence-electron chi connectivity index (χ1n) is 13.4. The summed E-state index contributed by atoms with van der Waals surface area (Å²) in [6.07, 6.45) is 12.9. The number of fused-ring (bicyclic) bond motifs is 2. The van der Waals surface area contributed by atoms with Crippen LogP contribution in [0.3, 0.4) is 0 Å². The zero-order valence-corrected chi connectivity index (χ0v) is 20.9. The van der Waals surface area contributed by atoms with Gasteiger partial charge >= 0.3 is 11.9 Å². The van der Waals surface area contributed by atoms with Gasteiger partial charge in [0.1, 0.15) is 6.10 Å². The monoisotopic (exact) mass is 444 g/mol. The van der Waals surface area contributed by atoms with Gasteiger partial charge in [0.15, 0.2) is 0 Å². The third kappa shape index (κ3) is 2.79. The first kappa shape index (κ1) is 22.7. The lowest BCUT2D eigenvalue weighted by molar-refractivity contribution is -0.165. The number of esters is 1. The second kappa shape index (κ2) is 7.22. The topological polar surface area (TPSA) is 63.6 Å². The molecular formula is C28H44O4. The average molecular weight is 445 g/mol. The van der Waals surface area contributed by atoms with Crippen LogP contribution in [0.4, 0.5) is 0 Å². The maximum absolute atomic E-state index is 11.7. The zero-order valence-electron chi connectivity index (χ0n) is 20.9. The molecule has 10 unspecified atom stereocenters. The third-order valence-corrected chi connectivity index (χ3v) is 12.5. The number of carboxylic acid groups (broad SMARTS) is 1. The van der Waals surface area contributed by atoms with Gasteiger partial charge in [0.2, 0.25) is 0 Å². The highest BCUT2D eigenvalue weighted by atomic mass is 16.5. The lowest BCUT2D eigenvalue weighted by Crippen LogP contribution is -2.56. The van der Waals surface area contributed by atoms with Gasteiger partial charge in [0, 0.05) is 13.3 Å². The highest BCUT2D eigenvalue weighted by Gasteiger charge is 2.81. The van der Waals surface area contributed by atoms with Crippen LogP contribution in [0.2, 0.25) is 0 Å². The van der Waals surface area contributed by atoms with E-state index in [4.69, 9.17) is 4.74 Å². The van der Waals surface area contributed by atoms with Gasteiger partial charge in [-0.2, -0.15) is 0 Å². The lowest BCUT2D eigenvalue weighted by atomic mass is 9.43. The van der Waals surface area contributed by atoms with E-state index in [1.54, 1.807) is 6.92 Å². The molecule has 0 bridgehead atoms. The summed E-state index contributed by atoms with van der Waals surface area (Å²) in [5.41, 5.74) is 1.76. The molecule has 10 atom stereocenters. The van der Waals surface area contributed by atoms with Crippen LogP contribution in [-0.2, 0) is 14.3 Å². The van der Waals surface area contributed by atoms with Crippen molar-refractivity contribution >= 4 is 11.9 Å². The molecular weight excluding hydrogens is 400 g/mol. The van der Waals surface area contributed by atoms with Crippen molar-refractivity contribution in [2.24, 2.45) is 51.2 Å². The molecule has 0 aromatic rings. The predicted octanol–water partition coefficient (Wildman–Crippen LogP) is 6.47. The molecule has 0 heterocycles. The minimum absolute atomic E-state index is 0.118. The lowest BCUT2D eigenvalue weighted by Gasteiger charge is -2.62. The van der Waals surface area contributed by atoms with Gasteiger partial charge in [-0.05, 0) is 115 Å². The minimum Gasteiger partial charge on any atom is -0.481 e. The van der Waals surface area contributed by atoms with Crippen molar-refractivity contribution < 1.29 is 19.4 Å². The number of hydrogen-bond donors (Lipinski definition) is 1. The Morgan fingerprint density at radius 1 is 1.00 bits per heavy atom. The Morgan fingerprint density at radius 2 is 1.75 bits per heavy atom. The van der Waals surface area contributed by atoms with Crippen molar-refractivity contribution in [3.8, 4) is 0 Å². The van der Waals surface area contributed by atoms with E-state index in [-0.39, 0.29) is 12.1 Å². The fourth-order valence-electron chi connectivity index (χ4n) is 10.9. The fraction of sp³-hybridized carbons (Fsp3) is 0.929. The zero-order chi connectivity index (χ0) is 23.1. The van der Waals surface area contributed by atoms with Gasteiger partial charge in [-0.3, -0.25) is 9.59 Å². The Bertz CT molecular complexity index is 807. The molecule has 5 rings (SSSR count). The van der Waals surface area contributed by atoms with E-state index in [1.807, 2.05) is 0 Å². The van der Waals surface area contributed by atoms with Crippen molar-refractivity contribution in [2.45, 2.75) is 111 Å². The SMILES string of the molecule is CC(=O)OC1CCC23CC24CCC2(C)C(C(C)CCC(=O)O)CCC2(C)C4CCC3C1C. The molecule has 2 spiro atoms. The van der Waals surface area contributed by atoms with Gasteiger partial charge in [0.25, 0.3) is 0 Å². The van der Waals surface area contributed by atoms with Gasteiger partial charge in [-0.1, -0.05) is 27.7 Å². The number of rotatable bonds is 5. The first-order chi connectivity index (χ1) is 15.0. The molecule has 180 valence electrons. The first-order valence-corrected chi connectivity index (χ1v) is 13.4. The number of ether oxygens (including phenoxy) is 1. The summed E-state index contributed by atoms with van der Waals surface area (Å²) in [5.74, 6) is 2.41. The standard InChI is InChI=1S/C28H44O4/c1-17(6-9-24(30)31)20-10-12-26(5)23-8-7-21-18(2)22(32-19(3)29)11-13-27(21)16-28(23,27)15-14-25(20,26)4/h17-18,20-23H,6-16H2,1-5H3,(H,30,31). The Balaban J connectivity index is 1.38. The molecule has 0 aromatic carbocycles. The van der Waals surface area contributed by atoms with E-state index in [0.717, 1.165) is 24.7 Å². The van der Waals surface area contributed by atoms with Crippen LogP contribution >= 0.6 is 0 Å². The quantitative estimate of drug-likeness (QED) is 0.494. The molecule has 4 nitrogen and oxygen atoms in total. The van der Waals surface area contributed by atoms with Crippen LogP contribution in [0.15, 0.2) is 0 Å². The van der Waals surface area contributed by atoms with Crippen molar-refractivity contribution in [2.75, 3.05) is 0 Å². The summed E-state index contributed by atoms with van der Waals surface area (Å²) >= 11 is 0. The Morgan fingerprint density at radius 3 is 2.44 bits per heavy atom. The number of aliphatic carboxylic acids is 1. The van der Waals surface area contributed by atoms with E-state index in [9.17, 15) is 14.7 Å². The van der Waals surface area contributed by atoms with E-state index in [1.165, 1.54) is 51.4 Å². The molecule has 5 aliphatic carbocycles. The normalized spacial score (nSPS) is 52.1. The Labute approximate surface area is 194 Å². The predicted molar refractivity (Wildman–Crippen MR) is 124 cm³/mol. The summed E-state index contributed by atoms with van der Waals surface area (Å²) in [5, 5.41) is 9.22. The summed E-state index contributed by atoms with van der Waals surface area (Å²) in [7, 11) is 0. The van der Waals surface area contributed by atoms with Gasteiger partial charge in [-0.25, -0.2) is 0 Å². The molecule has 5 fully saturated rings. The number of carbonyl (C=O) groups is 2. The summed E-state index contributed by atoms with van der Waals surface area (Å²) in [4.78, 5) is 22.8. The molecule has 0 saturated heterocycles. The van der Waals surface area contributed by atoms with Crippen molar-refractivity contribution in [3.63, 3.8) is 0 Å². The third-order valence-electron chi connectivity index (χ3n) is 12.5. The van der Waals surface area contributed by atoms with E-state index in [0.29, 0.717) is 45.8 Å². The van der Waals surface area contributed by atoms with Crippen molar-refractivity contribution in [1.82, 2.24) is 0 Å². The molecule has 4 heteroatoms. The average Bonchev–Trinajstić information content (AvgIpc) is 3.31. The van der Waals surface area contributed by atoms with Crippen molar-refractivity contribution in [1.29, 1.82) is 0 Å². The molecule has 0 radical (unpaired) electrons. The Kier molecular flexibility index (Phi) is 5.12. The molecule has 5 saturated carbocycles. The smallest absolute Gasteiger partial charge is 0.303 e.